The van der Waals surface area contributed by atoms with Gasteiger partial charge in [-0.15, -0.1) is 0 Å². The zero-order chi connectivity index (χ0) is 21.8. The number of aromatic nitrogens is 1. The summed E-state index contributed by atoms with van der Waals surface area (Å²) in [7, 11) is 0. The quantitative estimate of drug-likeness (QED) is 0.265. The summed E-state index contributed by atoms with van der Waals surface area (Å²) in [5.74, 6) is 0. The molecule has 0 radical (unpaired) electrons. The van der Waals surface area contributed by atoms with Gasteiger partial charge in [0.15, 0.2) is 0 Å². The molecule has 33 heavy (non-hydrogen) atoms. The normalized spacial score (nSPS) is 12.4. The number of nitrogens with zero attached hydrogens (tertiary/aromatic N) is 1. The molecule has 1 aliphatic rings. The smallest absolute Gasteiger partial charge is 0.0619 e. The van der Waals surface area contributed by atoms with E-state index in [-0.39, 0.29) is 0 Å². The lowest BCUT2D eigenvalue weighted by Crippen LogP contribution is -1.96. The van der Waals surface area contributed by atoms with Crippen LogP contribution >= 0.6 is 0 Å². The van der Waals surface area contributed by atoms with Crippen molar-refractivity contribution in [2.45, 2.75) is 0 Å². The second kappa shape index (κ2) is 7.08. The van der Waals surface area contributed by atoms with Gasteiger partial charge in [-0.25, -0.2) is 0 Å². The first-order valence-corrected chi connectivity index (χ1v) is 11.4. The number of fused-ring (bicyclic) bond motifs is 5. The summed E-state index contributed by atoms with van der Waals surface area (Å²) in [6.07, 6.45) is 2.35. The van der Waals surface area contributed by atoms with Crippen molar-refractivity contribution >= 4 is 33.5 Å². The number of rotatable bonds is 2. The van der Waals surface area contributed by atoms with E-state index in [0.29, 0.717) is 0 Å². The Hall–Kier alpha value is -4.36. The average Bonchev–Trinajstić information content (AvgIpc) is 3.14. The molecule has 1 nitrogen and oxygen atoms in total. The molecule has 154 valence electrons. The third-order valence-corrected chi connectivity index (χ3v) is 6.77. The topological polar surface area (TPSA) is 4.93 Å². The Balaban J connectivity index is 1.52. The van der Waals surface area contributed by atoms with Crippen LogP contribution in [0.15, 0.2) is 121 Å². The van der Waals surface area contributed by atoms with E-state index < -0.39 is 0 Å². The third-order valence-electron chi connectivity index (χ3n) is 6.77. The highest BCUT2D eigenvalue weighted by Gasteiger charge is 2.22. The van der Waals surface area contributed by atoms with Crippen LogP contribution in [0.2, 0.25) is 0 Å². The first-order chi connectivity index (χ1) is 16.4. The molecule has 0 fully saturated rings. The van der Waals surface area contributed by atoms with Crippen LogP contribution in [0.1, 0.15) is 16.7 Å². The molecule has 1 aliphatic heterocycles. The fourth-order valence-electron chi connectivity index (χ4n) is 5.24. The molecule has 0 bridgehead atoms. The second-order valence-electron chi connectivity index (χ2n) is 8.61. The van der Waals surface area contributed by atoms with Crippen molar-refractivity contribution in [3.8, 4) is 16.8 Å². The zero-order valence-electron chi connectivity index (χ0n) is 18.1. The van der Waals surface area contributed by atoms with Crippen LogP contribution in [0.4, 0.5) is 0 Å². The number of para-hydroxylation sites is 3. The van der Waals surface area contributed by atoms with Crippen LogP contribution in [0, 0.1) is 0 Å². The average molecular weight is 420 g/mol. The summed E-state index contributed by atoms with van der Waals surface area (Å²) in [6, 6.07) is 43.7. The van der Waals surface area contributed by atoms with Gasteiger partial charge in [-0.1, -0.05) is 109 Å². The molecule has 0 saturated carbocycles. The highest BCUT2D eigenvalue weighted by Crippen LogP contribution is 2.42. The lowest BCUT2D eigenvalue weighted by Gasteiger charge is -2.11. The molecule has 0 amide bonds. The standard InChI is InChI=1S/C32H21N/c1-2-9-22(10-3-1)23-17-19-24(20-18-23)29-21-25-11-4-6-15-30(25)33-31-16-7-5-12-26(31)27-13-8-14-28(29)32(27)33/h1-21H. The molecule has 2 heterocycles. The Morgan fingerprint density at radius 3 is 2.00 bits per heavy atom. The molecular weight excluding hydrogens is 398 g/mol. The minimum atomic E-state index is 1.23. The Kier molecular flexibility index (Phi) is 3.91. The van der Waals surface area contributed by atoms with Gasteiger partial charge in [-0.3, -0.25) is 0 Å². The van der Waals surface area contributed by atoms with E-state index in [1.807, 2.05) is 0 Å². The predicted molar refractivity (Wildman–Crippen MR) is 140 cm³/mol. The molecule has 7 rings (SSSR count). The monoisotopic (exact) mass is 419 g/mol. The SMILES string of the molecule is C1=C(c2ccc(-c3ccccc3)cc2)c2cccc3c4ccccc4n(c23)-c2ccccc21. The van der Waals surface area contributed by atoms with Crippen molar-refractivity contribution in [2.24, 2.45) is 0 Å². The first kappa shape index (κ1) is 18.2. The van der Waals surface area contributed by atoms with Gasteiger partial charge < -0.3 is 4.57 Å². The van der Waals surface area contributed by atoms with E-state index >= 15 is 0 Å². The first-order valence-electron chi connectivity index (χ1n) is 11.4. The minimum absolute atomic E-state index is 1.23. The predicted octanol–water partition coefficient (Wildman–Crippen LogP) is 8.35. The lowest BCUT2D eigenvalue weighted by molar-refractivity contribution is 1.17. The largest absolute Gasteiger partial charge is 0.308 e. The van der Waals surface area contributed by atoms with Crippen LogP contribution in [0.5, 0.6) is 0 Å². The van der Waals surface area contributed by atoms with E-state index in [4.69, 9.17) is 0 Å². The van der Waals surface area contributed by atoms with E-state index in [0.717, 1.165) is 0 Å². The van der Waals surface area contributed by atoms with Crippen LogP contribution in [-0.2, 0) is 0 Å². The maximum Gasteiger partial charge on any atom is 0.0619 e. The van der Waals surface area contributed by atoms with Gasteiger partial charge in [0.05, 0.1) is 16.7 Å². The van der Waals surface area contributed by atoms with Crippen molar-refractivity contribution in [3.63, 3.8) is 0 Å². The molecule has 5 aromatic carbocycles. The molecule has 1 aromatic heterocycles. The fraction of sp³-hybridized carbons (Fsp3) is 0. The summed E-state index contributed by atoms with van der Waals surface area (Å²) < 4.78 is 2.44. The molecule has 6 aromatic rings. The molecule has 0 spiro atoms. The van der Waals surface area contributed by atoms with Gasteiger partial charge >= 0.3 is 0 Å². The minimum Gasteiger partial charge on any atom is -0.308 e. The Morgan fingerprint density at radius 2 is 1.12 bits per heavy atom. The molecule has 0 atom stereocenters. The summed E-state index contributed by atoms with van der Waals surface area (Å²) in [5, 5.41) is 2.59. The Bertz CT molecular complexity index is 1680. The molecular formula is C32H21N. The van der Waals surface area contributed by atoms with E-state index in [9.17, 15) is 0 Å². The molecule has 0 N–H and O–H groups in total. The van der Waals surface area contributed by atoms with Gasteiger partial charge in [0.1, 0.15) is 0 Å². The van der Waals surface area contributed by atoms with Gasteiger partial charge in [0.25, 0.3) is 0 Å². The van der Waals surface area contributed by atoms with Gasteiger partial charge in [-0.2, -0.15) is 0 Å². The van der Waals surface area contributed by atoms with Crippen molar-refractivity contribution in [1.29, 1.82) is 0 Å². The molecule has 0 saturated heterocycles. The van der Waals surface area contributed by atoms with Crippen molar-refractivity contribution in [1.82, 2.24) is 4.57 Å². The zero-order valence-corrected chi connectivity index (χ0v) is 18.1. The fourth-order valence-corrected chi connectivity index (χ4v) is 5.24. The summed E-state index contributed by atoms with van der Waals surface area (Å²) in [4.78, 5) is 0. The van der Waals surface area contributed by atoms with E-state index in [1.165, 1.54) is 60.9 Å². The van der Waals surface area contributed by atoms with Crippen LogP contribution in [0.25, 0.3) is 50.3 Å². The summed E-state index contributed by atoms with van der Waals surface area (Å²) in [5.41, 5.74) is 11.2. The highest BCUT2D eigenvalue weighted by atomic mass is 15.0. The number of benzene rings is 5. The Labute approximate surface area is 192 Å². The maximum atomic E-state index is 2.44. The highest BCUT2D eigenvalue weighted by molar-refractivity contribution is 6.15. The maximum absolute atomic E-state index is 2.44. The number of hydrogen-bond acceptors (Lipinski definition) is 0. The van der Waals surface area contributed by atoms with Crippen molar-refractivity contribution in [3.05, 3.63) is 138 Å². The van der Waals surface area contributed by atoms with E-state index in [2.05, 4.69) is 132 Å². The van der Waals surface area contributed by atoms with E-state index in [1.54, 1.807) is 0 Å². The lowest BCUT2D eigenvalue weighted by atomic mass is 9.93. The van der Waals surface area contributed by atoms with Crippen molar-refractivity contribution < 1.29 is 0 Å². The summed E-state index contributed by atoms with van der Waals surface area (Å²) >= 11 is 0. The van der Waals surface area contributed by atoms with Crippen LogP contribution in [-0.4, -0.2) is 4.57 Å². The molecule has 0 unspecified atom stereocenters. The Morgan fingerprint density at radius 1 is 0.455 bits per heavy atom. The van der Waals surface area contributed by atoms with Crippen LogP contribution < -0.4 is 0 Å². The van der Waals surface area contributed by atoms with Gasteiger partial charge in [-0.05, 0) is 46.0 Å². The molecule has 0 aliphatic carbocycles. The third kappa shape index (κ3) is 2.73. The second-order valence-corrected chi connectivity index (χ2v) is 8.61. The van der Waals surface area contributed by atoms with Crippen LogP contribution in [0.3, 0.4) is 0 Å². The number of hydrogen-bond donors (Lipinski definition) is 0. The van der Waals surface area contributed by atoms with Crippen molar-refractivity contribution in [2.75, 3.05) is 0 Å². The summed E-state index contributed by atoms with van der Waals surface area (Å²) in [6.45, 7) is 0. The molecule has 1 heteroatoms. The van der Waals surface area contributed by atoms with Gasteiger partial charge in [0, 0.05) is 16.3 Å². The van der Waals surface area contributed by atoms with Gasteiger partial charge in [0.2, 0.25) is 0 Å².